The van der Waals surface area contributed by atoms with Crippen molar-refractivity contribution in [1.29, 1.82) is 0 Å². The summed E-state index contributed by atoms with van der Waals surface area (Å²) in [5.74, 6) is -0.461. The lowest BCUT2D eigenvalue weighted by atomic mass is 9.95. The number of hydrogen-bond donors (Lipinski definition) is 2. The van der Waals surface area contributed by atoms with E-state index in [9.17, 15) is 14.4 Å². The molecule has 2 atom stereocenters. The maximum atomic E-state index is 13.0. The van der Waals surface area contributed by atoms with Crippen molar-refractivity contribution in [3.63, 3.8) is 0 Å². The Hall–Kier alpha value is -3.16. The van der Waals surface area contributed by atoms with Crippen LogP contribution in [0.15, 0.2) is 36.4 Å². The Kier molecular flexibility index (Phi) is 6.48. The van der Waals surface area contributed by atoms with Gasteiger partial charge in [-0.2, -0.15) is 5.10 Å². The van der Waals surface area contributed by atoms with E-state index in [-0.39, 0.29) is 36.0 Å². The SMILES string of the molecule is CC(C)CCNC(=O)C1(C)Cn2nc(C(=O)NC(C)c3ccccc3)cc2C(=O)N1C. The zero-order valence-corrected chi connectivity index (χ0v) is 18.8. The number of aromatic nitrogens is 2. The van der Waals surface area contributed by atoms with Crippen LogP contribution in [0, 0.1) is 5.92 Å². The molecule has 0 spiro atoms. The van der Waals surface area contributed by atoms with Gasteiger partial charge in [0.2, 0.25) is 5.91 Å². The zero-order valence-electron chi connectivity index (χ0n) is 18.8. The molecule has 2 N–H and O–H groups in total. The molecule has 3 amide bonds. The smallest absolute Gasteiger partial charge is 0.272 e. The van der Waals surface area contributed by atoms with Crippen molar-refractivity contribution < 1.29 is 14.4 Å². The molecule has 0 saturated carbocycles. The van der Waals surface area contributed by atoms with Crippen LogP contribution in [0.2, 0.25) is 0 Å². The number of benzene rings is 1. The fraction of sp³-hybridized carbons (Fsp3) is 0.478. The van der Waals surface area contributed by atoms with Crippen molar-refractivity contribution in [2.75, 3.05) is 13.6 Å². The number of carbonyl (C=O) groups is 3. The average Bonchev–Trinajstić information content (AvgIpc) is 3.16. The summed E-state index contributed by atoms with van der Waals surface area (Å²) in [7, 11) is 1.61. The van der Waals surface area contributed by atoms with Gasteiger partial charge in [-0.1, -0.05) is 44.2 Å². The zero-order chi connectivity index (χ0) is 22.8. The Morgan fingerprint density at radius 1 is 1.19 bits per heavy atom. The van der Waals surface area contributed by atoms with Crippen LogP contribution in [-0.2, 0) is 11.3 Å². The Morgan fingerprint density at radius 3 is 2.52 bits per heavy atom. The Bertz CT molecular complexity index is 969. The van der Waals surface area contributed by atoms with E-state index in [0.717, 1.165) is 12.0 Å². The summed E-state index contributed by atoms with van der Waals surface area (Å²) in [5.41, 5.74) is 0.343. The summed E-state index contributed by atoms with van der Waals surface area (Å²) < 4.78 is 1.46. The average molecular weight is 426 g/mol. The largest absolute Gasteiger partial charge is 0.354 e. The van der Waals surface area contributed by atoms with Gasteiger partial charge in [0.1, 0.15) is 11.2 Å². The summed E-state index contributed by atoms with van der Waals surface area (Å²) in [6.07, 6.45) is 0.858. The van der Waals surface area contributed by atoms with Crippen LogP contribution in [0.5, 0.6) is 0 Å². The van der Waals surface area contributed by atoms with E-state index in [1.54, 1.807) is 14.0 Å². The van der Waals surface area contributed by atoms with E-state index >= 15 is 0 Å². The Morgan fingerprint density at radius 2 is 1.87 bits per heavy atom. The summed E-state index contributed by atoms with van der Waals surface area (Å²) in [6.45, 7) is 8.51. The predicted octanol–water partition coefficient (Wildman–Crippen LogP) is 2.38. The molecule has 166 valence electrons. The van der Waals surface area contributed by atoms with Gasteiger partial charge in [-0.25, -0.2) is 0 Å². The number of rotatable bonds is 7. The topological polar surface area (TPSA) is 96.3 Å². The summed E-state index contributed by atoms with van der Waals surface area (Å²) in [4.78, 5) is 40.0. The van der Waals surface area contributed by atoms with Crippen LogP contribution in [0.25, 0.3) is 0 Å². The highest BCUT2D eigenvalue weighted by atomic mass is 16.2. The fourth-order valence-electron chi connectivity index (χ4n) is 3.60. The molecule has 1 aliphatic heterocycles. The van der Waals surface area contributed by atoms with E-state index in [1.165, 1.54) is 15.6 Å². The van der Waals surface area contributed by atoms with E-state index in [1.807, 2.05) is 37.3 Å². The minimum Gasteiger partial charge on any atom is -0.354 e. The summed E-state index contributed by atoms with van der Waals surface area (Å²) in [6, 6.07) is 10.9. The second-order valence-corrected chi connectivity index (χ2v) is 8.75. The van der Waals surface area contributed by atoms with Crippen LogP contribution in [0.1, 0.15) is 66.7 Å². The number of likely N-dealkylation sites (N-methyl/N-ethyl adjacent to an activating group) is 1. The lowest BCUT2D eigenvalue weighted by molar-refractivity contribution is -0.132. The minimum atomic E-state index is -1.09. The molecule has 0 aliphatic carbocycles. The molecule has 1 aromatic carbocycles. The van der Waals surface area contributed by atoms with Crippen molar-refractivity contribution >= 4 is 17.7 Å². The number of nitrogens with one attached hydrogen (secondary N) is 2. The summed E-state index contributed by atoms with van der Waals surface area (Å²) in [5, 5.41) is 10.2. The number of hydrogen-bond acceptors (Lipinski definition) is 4. The molecule has 0 fully saturated rings. The molecule has 8 heteroatoms. The lowest BCUT2D eigenvalue weighted by Gasteiger charge is -2.40. The molecule has 1 aliphatic rings. The van der Waals surface area contributed by atoms with E-state index in [0.29, 0.717) is 18.2 Å². The van der Waals surface area contributed by atoms with Crippen LogP contribution >= 0.6 is 0 Å². The van der Waals surface area contributed by atoms with Crippen molar-refractivity contribution in [1.82, 2.24) is 25.3 Å². The first kappa shape index (κ1) is 22.5. The molecule has 1 aromatic heterocycles. The van der Waals surface area contributed by atoms with Gasteiger partial charge in [-0.3, -0.25) is 19.1 Å². The highest BCUT2D eigenvalue weighted by molar-refractivity contribution is 6.01. The van der Waals surface area contributed by atoms with Gasteiger partial charge in [0.25, 0.3) is 11.8 Å². The third-order valence-electron chi connectivity index (χ3n) is 5.88. The molecule has 3 rings (SSSR count). The Labute approximate surface area is 183 Å². The maximum Gasteiger partial charge on any atom is 0.272 e. The number of nitrogens with zero attached hydrogens (tertiary/aromatic N) is 3. The van der Waals surface area contributed by atoms with Gasteiger partial charge in [0.15, 0.2) is 5.69 Å². The van der Waals surface area contributed by atoms with Gasteiger partial charge in [0, 0.05) is 19.7 Å². The van der Waals surface area contributed by atoms with Crippen LogP contribution < -0.4 is 10.6 Å². The van der Waals surface area contributed by atoms with Gasteiger partial charge in [0.05, 0.1) is 12.6 Å². The standard InChI is InChI=1S/C23H31N5O3/c1-15(2)11-12-24-22(31)23(4)14-28-19(21(30)27(23)5)13-18(26-28)20(29)25-16(3)17-9-7-6-8-10-17/h6-10,13,15-16H,11-12,14H2,1-5H3,(H,24,31)(H,25,29). The molecule has 2 unspecified atom stereocenters. The quantitative estimate of drug-likeness (QED) is 0.712. The second kappa shape index (κ2) is 8.91. The number of amides is 3. The molecular formula is C23H31N5O3. The van der Waals surface area contributed by atoms with E-state index < -0.39 is 5.54 Å². The third-order valence-corrected chi connectivity index (χ3v) is 5.88. The molecule has 2 aromatic rings. The highest BCUT2D eigenvalue weighted by Gasteiger charge is 2.46. The normalized spacial score (nSPS) is 19.2. The first-order valence-corrected chi connectivity index (χ1v) is 10.6. The third kappa shape index (κ3) is 4.62. The van der Waals surface area contributed by atoms with Crippen molar-refractivity contribution in [2.24, 2.45) is 5.92 Å². The van der Waals surface area contributed by atoms with E-state index in [4.69, 9.17) is 0 Å². The molecular weight excluding hydrogens is 394 g/mol. The predicted molar refractivity (Wildman–Crippen MR) is 118 cm³/mol. The van der Waals surface area contributed by atoms with Crippen LogP contribution in [-0.4, -0.2) is 51.5 Å². The number of fused-ring (bicyclic) bond motifs is 1. The van der Waals surface area contributed by atoms with Crippen molar-refractivity contribution in [3.05, 3.63) is 53.3 Å². The van der Waals surface area contributed by atoms with Crippen molar-refractivity contribution in [3.8, 4) is 0 Å². The minimum absolute atomic E-state index is 0.156. The van der Waals surface area contributed by atoms with Gasteiger partial charge >= 0.3 is 0 Å². The highest BCUT2D eigenvalue weighted by Crippen LogP contribution is 2.26. The van der Waals surface area contributed by atoms with E-state index in [2.05, 4.69) is 29.6 Å². The van der Waals surface area contributed by atoms with Crippen molar-refractivity contribution in [2.45, 2.75) is 52.2 Å². The molecule has 0 saturated heterocycles. The second-order valence-electron chi connectivity index (χ2n) is 8.75. The number of carbonyl (C=O) groups excluding carboxylic acids is 3. The van der Waals surface area contributed by atoms with Gasteiger partial charge in [-0.15, -0.1) is 0 Å². The first-order chi connectivity index (χ1) is 14.6. The first-order valence-electron chi connectivity index (χ1n) is 10.6. The molecule has 0 radical (unpaired) electrons. The molecule has 31 heavy (non-hydrogen) atoms. The monoisotopic (exact) mass is 425 g/mol. The molecule has 8 nitrogen and oxygen atoms in total. The van der Waals surface area contributed by atoms with Gasteiger partial charge < -0.3 is 15.5 Å². The van der Waals surface area contributed by atoms with Crippen LogP contribution in [0.3, 0.4) is 0 Å². The molecule has 2 heterocycles. The van der Waals surface area contributed by atoms with Crippen LogP contribution in [0.4, 0.5) is 0 Å². The van der Waals surface area contributed by atoms with Gasteiger partial charge in [-0.05, 0) is 31.7 Å². The fourth-order valence-corrected chi connectivity index (χ4v) is 3.60. The molecule has 0 bridgehead atoms. The Balaban J connectivity index is 1.76. The summed E-state index contributed by atoms with van der Waals surface area (Å²) >= 11 is 0. The maximum absolute atomic E-state index is 13.0. The lowest BCUT2D eigenvalue weighted by Crippen LogP contribution is -2.62.